The van der Waals surface area contributed by atoms with Crippen molar-refractivity contribution in [2.75, 3.05) is 0 Å². The summed E-state index contributed by atoms with van der Waals surface area (Å²) in [6.07, 6.45) is 17.5. The molecule has 0 aromatic carbocycles. The number of aliphatic hydroxyl groups is 1. The molecular formula is C19H27NO. The number of rotatable bonds is 5. The molecule has 1 aliphatic rings. The molecule has 1 N–H and O–H groups in total. The maximum Gasteiger partial charge on any atom is 0.0970 e. The SMILES string of the molecule is C/C=C(/C)N1C=C(C(/C=C\C=C\CC)=C(/C)O)C=CC1C. The lowest BCUT2D eigenvalue weighted by molar-refractivity contribution is 0.401. The van der Waals surface area contributed by atoms with Crippen molar-refractivity contribution in [3.05, 3.63) is 71.3 Å². The monoisotopic (exact) mass is 285 g/mol. The van der Waals surface area contributed by atoms with E-state index in [1.165, 1.54) is 5.70 Å². The molecule has 2 nitrogen and oxygen atoms in total. The Hall–Kier alpha value is -1.96. The van der Waals surface area contributed by atoms with Crippen molar-refractivity contribution in [3.63, 3.8) is 0 Å². The molecular weight excluding hydrogens is 258 g/mol. The molecule has 1 rings (SSSR count). The van der Waals surface area contributed by atoms with E-state index in [-0.39, 0.29) is 0 Å². The van der Waals surface area contributed by atoms with Crippen molar-refractivity contribution in [2.24, 2.45) is 0 Å². The second-order valence-corrected chi connectivity index (χ2v) is 5.22. The minimum atomic E-state index is 0.328. The molecule has 21 heavy (non-hydrogen) atoms. The molecule has 0 saturated heterocycles. The largest absolute Gasteiger partial charge is 0.512 e. The molecule has 1 atom stereocenters. The first-order valence-corrected chi connectivity index (χ1v) is 7.56. The lowest BCUT2D eigenvalue weighted by Crippen LogP contribution is -2.27. The van der Waals surface area contributed by atoms with Gasteiger partial charge in [-0.2, -0.15) is 0 Å². The Morgan fingerprint density at radius 2 is 2.05 bits per heavy atom. The maximum absolute atomic E-state index is 9.97. The van der Waals surface area contributed by atoms with Crippen molar-refractivity contribution in [1.29, 1.82) is 0 Å². The van der Waals surface area contributed by atoms with Crippen LogP contribution in [-0.2, 0) is 0 Å². The van der Waals surface area contributed by atoms with Gasteiger partial charge in [-0.1, -0.05) is 49.5 Å². The lowest BCUT2D eigenvalue weighted by atomic mass is 10.00. The fourth-order valence-electron chi connectivity index (χ4n) is 2.17. The minimum absolute atomic E-state index is 0.328. The van der Waals surface area contributed by atoms with E-state index in [2.05, 4.69) is 56.2 Å². The summed E-state index contributed by atoms with van der Waals surface area (Å²) in [5, 5.41) is 9.97. The lowest BCUT2D eigenvalue weighted by Gasteiger charge is -2.30. The van der Waals surface area contributed by atoms with Crippen LogP contribution in [0, 0.1) is 0 Å². The van der Waals surface area contributed by atoms with Crippen LogP contribution in [0.5, 0.6) is 0 Å². The van der Waals surface area contributed by atoms with Crippen LogP contribution in [0.1, 0.15) is 41.0 Å². The number of nitrogens with zero attached hydrogens (tertiary/aromatic N) is 1. The van der Waals surface area contributed by atoms with Crippen LogP contribution in [0.4, 0.5) is 0 Å². The van der Waals surface area contributed by atoms with Gasteiger partial charge in [-0.3, -0.25) is 0 Å². The first kappa shape index (κ1) is 17.1. The summed E-state index contributed by atoms with van der Waals surface area (Å²) >= 11 is 0. The smallest absolute Gasteiger partial charge is 0.0970 e. The van der Waals surface area contributed by atoms with Gasteiger partial charge in [0.1, 0.15) is 0 Å². The fourth-order valence-corrected chi connectivity index (χ4v) is 2.17. The van der Waals surface area contributed by atoms with Gasteiger partial charge in [0.05, 0.1) is 5.76 Å². The fraction of sp³-hybridized carbons (Fsp3) is 0.368. The highest BCUT2D eigenvalue weighted by molar-refractivity contribution is 5.50. The Bertz CT molecular complexity index is 526. The third kappa shape index (κ3) is 4.82. The molecule has 0 bridgehead atoms. The molecule has 1 aliphatic heterocycles. The van der Waals surface area contributed by atoms with Crippen molar-refractivity contribution >= 4 is 0 Å². The van der Waals surface area contributed by atoms with Gasteiger partial charge in [0.15, 0.2) is 0 Å². The van der Waals surface area contributed by atoms with E-state index in [1.54, 1.807) is 6.92 Å². The Labute approximate surface area is 129 Å². The molecule has 2 heteroatoms. The standard InChI is InChI=1S/C19H27NO/c1-6-8-9-10-11-19(17(5)21)18-13-12-16(4)20(14-18)15(3)7-2/h7-14,16,21H,6H2,1-5H3/b9-8+,11-10-,15-7-,19-17-. The average Bonchev–Trinajstić information content (AvgIpc) is 2.47. The van der Waals surface area contributed by atoms with Crippen molar-refractivity contribution in [1.82, 2.24) is 4.90 Å². The molecule has 0 spiro atoms. The zero-order chi connectivity index (χ0) is 15.8. The number of aliphatic hydroxyl groups excluding tert-OH is 1. The van der Waals surface area contributed by atoms with Crippen molar-refractivity contribution in [2.45, 2.75) is 47.1 Å². The Kier molecular flexibility index (Phi) is 6.80. The zero-order valence-electron chi connectivity index (χ0n) is 13.8. The molecule has 0 aromatic rings. The predicted molar refractivity (Wildman–Crippen MR) is 91.9 cm³/mol. The minimum Gasteiger partial charge on any atom is -0.512 e. The van der Waals surface area contributed by atoms with Crippen LogP contribution in [0.3, 0.4) is 0 Å². The topological polar surface area (TPSA) is 23.5 Å². The first-order chi connectivity index (χ1) is 10.0. The van der Waals surface area contributed by atoms with Crippen LogP contribution in [0.25, 0.3) is 0 Å². The van der Waals surface area contributed by atoms with Crippen LogP contribution in [-0.4, -0.2) is 16.0 Å². The van der Waals surface area contributed by atoms with Gasteiger partial charge in [0, 0.05) is 29.1 Å². The second kappa shape index (κ2) is 8.35. The molecule has 0 aromatic heterocycles. The molecule has 0 aliphatic carbocycles. The van der Waals surface area contributed by atoms with E-state index in [0.717, 1.165) is 17.6 Å². The van der Waals surface area contributed by atoms with Crippen molar-refractivity contribution in [3.8, 4) is 0 Å². The van der Waals surface area contributed by atoms with Crippen LogP contribution in [0.2, 0.25) is 0 Å². The molecule has 0 fully saturated rings. The second-order valence-electron chi connectivity index (χ2n) is 5.22. The molecule has 1 unspecified atom stereocenters. The van der Waals surface area contributed by atoms with Crippen molar-refractivity contribution < 1.29 is 5.11 Å². The first-order valence-electron chi connectivity index (χ1n) is 7.56. The van der Waals surface area contributed by atoms with Gasteiger partial charge in [-0.05, 0) is 34.1 Å². The average molecular weight is 285 g/mol. The van der Waals surface area contributed by atoms with E-state index in [0.29, 0.717) is 11.8 Å². The van der Waals surface area contributed by atoms with Gasteiger partial charge < -0.3 is 10.0 Å². The molecule has 0 saturated carbocycles. The molecule has 0 amide bonds. The summed E-state index contributed by atoms with van der Waals surface area (Å²) in [5.41, 5.74) is 3.08. The highest BCUT2D eigenvalue weighted by Gasteiger charge is 2.16. The molecule has 114 valence electrons. The van der Waals surface area contributed by atoms with Gasteiger partial charge >= 0.3 is 0 Å². The van der Waals surface area contributed by atoms with Crippen LogP contribution < -0.4 is 0 Å². The van der Waals surface area contributed by atoms with E-state index in [9.17, 15) is 5.11 Å². The van der Waals surface area contributed by atoms with E-state index in [4.69, 9.17) is 0 Å². The zero-order valence-corrected chi connectivity index (χ0v) is 13.8. The summed E-state index contributed by atoms with van der Waals surface area (Å²) in [7, 11) is 0. The summed E-state index contributed by atoms with van der Waals surface area (Å²) in [6, 6.07) is 0.328. The van der Waals surface area contributed by atoms with Gasteiger partial charge in [0.25, 0.3) is 0 Å². The third-order valence-corrected chi connectivity index (χ3v) is 3.54. The Balaban J connectivity index is 3.10. The van der Waals surface area contributed by atoms with E-state index in [1.807, 2.05) is 25.2 Å². The van der Waals surface area contributed by atoms with E-state index < -0.39 is 0 Å². The summed E-state index contributed by atoms with van der Waals surface area (Å²) in [6.45, 7) is 10.1. The summed E-state index contributed by atoms with van der Waals surface area (Å²) in [4.78, 5) is 2.22. The molecule has 0 radical (unpaired) electrons. The summed E-state index contributed by atoms with van der Waals surface area (Å²) in [5.74, 6) is 0.333. The van der Waals surface area contributed by atoms with Crippen LogP contribution >= 0.6 is 0 Å². The van der Waals surface area contributed by atoms with Gasteiger partial charge in [0.2, 0.25) is 0 Å². The Morgan fingerprint density at radius 1 is 1.33 bits per heavy atom. The highest BCUT2D eigenvalue weighted by atomic mass is 16.3. The normalized spacial score (nSPS) is 21.2. The summed E-state index contributed by atoms with van der Waals surface area (Å²) < 4.78 is 0. The van der Waals surface area contributed by atoms with Gasteiger partial charge in [-0.15, -0.1) is 0 Å². The predicted octanol–water partition coefficient (Wildman–Crippen LogP) is 5.41. The molecule has 1 heterocycles. The number of allylic oxidation sites excluding steroid dienone is 10. The quantitative estimate of drug-likeness (QED) is 0.539. The van der Waals surface area contributed by atoms with Crippen LogP contribution in [0.15, 0.2) is 71.3 Å². The number of hydrogen-bond donors (Lipinski definition) is 1. The van der Waals surface area contributed by atoms with E-state index >= 15 is 0 Å². The third-order valence-electron chi connectivity index (χ3n) is 3.54. The Morgan fingerprint density at radius 3 is 2.62 bits per heavy atom. The highest BCUT2D eigenvalue weighted by Crippen LogP contribution is 2.25. The number of hydrogen-bond acceptors (Lipinski definition) is 2. The maximum atomic E-state index is 9.97. The van der Waals surface area contributed by atoms with Gasteiger partial charge in [-0.25, -0.2) is 0 Å².